The first-order chi connectivity index (χ1) is 6.59. The van der Waals surface area contributed by atoms with Crippen molar-refractivity contribution in [3.8, 4) is 0 Å². The van der Waals surface area contributed by atoms with E-state index in [1.807, 2.05) is 0 Å². The third-order valence-corrected chi connectivity index (χ3v) is 3.80. The molecule has 2 rings (SSSR count). The third-order valence-electron chi connectivity index (χ3n) is 3.80. The van der Waals surface area contributed by atoms with E-state index in [1.54, 1.807) is 0 Å². The summed E-state index contributed by atoms with van der Waals surface area (Å²) in [5.41, 5.74) is 0.457. The van der Waals surface area contributed by atoms with Gasteiger partial charge in [-0.25, -0.2) is 0 Å². The molecular formula is C12H24N2. The summed E-state index contributed by atoms with van der Waals surface area (Å²) in [7, 11) is 0. The van der Waals surface area contributed by atoms with Gasteiger partial charge in [-0.3, -0.25) is 4.90 Å². The Morgan fingerprint density at radius 3 is 2.57 bits per heavy atom. The normalized spacial score (nSPS) is 35.4. The van der Waals surface area contributed by atoms with Crippen molar-refractivity contribution < 1.29 is 0 Å². The van der Waals surface area contributed by atoms with Gasteiger partial charge >= 0.3 is 0 Å². The standard InChI is InChI=1S/C12H24N2/c1-12(2,3)11-5-4-8-14(11)10-6-7-13-9-10/h10-11,13H,4-9H2,1-3H3. The summed E-state index contributed by atoms with van der Waals surface area (Å²) < 4.78 is 0. The van der Waals surface area contributed by atoms with Gasteiger partial charge in [0.15, 0.2) is 0 Å². The maximum atomic E-state index is 3.48. The van der Waals surface area contributed by atoms with Crippen molar-refractivity contribution in [2.24, 2.45) is 5.41 Å². The summed E-state index contributed by atoms with van der Waals surface area (Å²) in [6.45, 7) is 10.9. The molecule has 2 saturated heterocycles. The zero-order valence-corrected chi connectivity index (χ0v) is 9.84. The Morgan fingerprint density at radius 2 is 2.00 bits per heavy atom. The van der Waals surface area contributed by atoms with Gasteiger partial charge in [-0.1, -0.05) is 20.8 Å². The zero-order chi connectivity index (χ0) is 10.2. The molecule has 2 nitrogen and oxygen atoms in total. The fourth-order valence-electron chi connectivity index (χ4n) is 3.08. The molecule has 0 amide bonds. The van der Waals surface area contributed by atoms with Crippen LogP contribution >= 0.6 is 0 Å². The van der Waals surface area contributed by atoms with Crippen LogP contribution in [-0.4, -0.2) is 36.6 Å². The summed E-state index contributed by atoms with van der Waals surface area (Å²) in [4.78, 5) is 2.76. The highest BCUT2D eigenvalue weighted by Gasteiger charge is 2.38. The van der Waals surface area contributed by atoms with Crippen LogP contribution in [0.25, 0.3) is 0 Å². The van der Waals surface area contributed by atoms with E-state index in [0.29, 0.717) is 5.41 Å². The van der Waals surface area contributed by atoms with Crippen LogP contribution in [0.5, 0.6) is 0 Å². The minimum absolute atomic E-state index is 0.457. The van der Waals surface area contributed by atoms with Gasteiger partial charge in [-0.2, -0.15) is 0 Å². The average Bonchev–Trinajstić information content (AvgIpc) is 2.73. The topological polar surface area (TPSA) is 15.3 Å². The Bertz CT molecular complexity index is 189. The lowest BCUT2D eigenvalue weighted by atomic mass is 9.84. The smallest absolute Gasteiger partial charge is 0.0235 e. The van der Waals surface area contributed by atoms with Crippen LogP contribution in [0, 0.1) is 5.41 Å². The number of likely N-dealkylation sites (tertiary alicyclic amines) is 1. The number of nitrogens with one attached hydrogen (secondary N) is 1. The van der Waals surface area contributed by atoms with Crippen molar-refractivity contribution in [3.63, 3.8) is 0 Å². The largest absolute Gasteiger partial charge is 0.315 e. The lowest BCUT2D eigenvalue weighted by Crippen LogP contribution is -2.46. The van der Waals surface area contributed by atoms with Crippen LogP contribution in [0.15, 0.2) is 0 Å². The lowest BCUT2D eigenvalue weighted by molar-refractivity contribution is 0.104. The van der Waals surface area contributed by atoms with Gasteiger partial charge < -0.3 is 5.32 Å². The van der Waals surface area contributed by atoms with Gasteiger partial charge in [-0.05, 0) is 37.8 Å². The molecule has 0 radical (unpaired) electrons. The van der Waals surface area contributed by atoms with Gasteiger partial charge in [-0.15, -0.1) is 0 Å². The predicted octanol–water partition coefficient (Wildman–Crippen LogP) is 1.86. The van der Waals surface area contributed by atoms with Gasteiger partial charge in [0, 0.05) is 18.6 Å². The van der Waals surface area contributed by atoms with Gasteiger partial charge in [0.2, 0.25) is 0 Å². The van der Waals surface area contributed by atoms with Gasteiger partial charge in [0.25, 0.3) is 0 Å². The minimum Gasteiger partial charge on any atom is -0.315 e. The Balaban J connectivity index is 2.02. The molecule has 1 N–H and O–H groups in total. The van der Waals surface area contributed by atoms with Crippen LogP contribution < -0.4 is 5.32 Å². The molecule has 0 aromatic carbocycles. The minimum atomic E-state index is 0.457. The molecule has 14 heavy (non-hydrogen) atoms. The Kier molecular flexibility index (Phi) is 2.85. The molecule has 82 valence electrons. The summed E-state index contributed by atoms with van der Waals surface area (Å²) >= 11 is 0. The molecule has 2 heterocycles. The molecule has 2 fully saturated rings. The second-order valence-corrected chi connectivity index (χ2v) is 5.91. The molecule has 0 aromatic rings. The first kappa shape index (κ1) is 10.4. The first-order valence-electron chi connectivity index (χ1n) is 6.05. The molecule has 2 aliphatic heterocycles. The summed E-state index contributed by atoms with van der Waals surface area (Å²) in [5, 5.41) is 3.48. The van der Waals surface area contributed by atoms with E-state index in [4.69, 9.17) is 0 Å². The highest BCUT2D eigenvalue weighted by molar-refractivity contribution is 4.94. The second kappa shape index (κ2) is 3.82. The Morgan fingerprint density at radius 1 is 1.21 bits per heavy atom. The van der Waals surface area contributed by atoms with Crippen molar-refractivity contribution >= 4 is 0 Å². The monoisotopic (exact) mass is 196 g/mol. The number of hydrogen-bond donors (Lipinski definition) is 1. The van der Waals surface area contributed by atoms with Crippen molar-refractivity contribution in [3.05, 3.63) is 0 Å². The summed E-state index contributed by atoms with van der Waals surface area (Å²) in [6, 6.07) is 1.63. The van der Waals surface area contributed by atoms with Crippen LogP contribution in [0.3, 0.4) is 0 Å². The van der Waals surface area contributed by atoms with Crippen molar-refractivity contribution in [2.45, 2.75) is 52.1 Å². The van der Waals surface area contributed by atoms with E-state index in [0.717, 1.165) is 12.1 Å². The van der Waals surface area contributed by atoms with E-state index in [2.05, 4.69) is 31.0 Å². The molecule has 0 aromatic heterocycles. The second-order valence-electron chi connectivity index (χ2n) is 5.91. The highest BCUT2D eigenvalue weighted by atomic mass is 15.2. The van der Waals surface area contributed by atoms with E-state index >= 15 is 0 Å². The Hall–Kier alpha value is -0.0800. The average molecular weight is 196 g/mol. The van der Waals surface area contributed by atoms with Crippen LogP contribution in [0.2, 0.25) is 0 Å². The fourth-order valence-corrected chi connectivity index (χ4v) is 3.08. The number of rotatable bonds is 1. The SMILES string of the molecule is CC(C)(C)C1CCCN1C1CCNC1. The molecule has 2 aliphatic rings. The molecular weight excluding hydrogens is 172 g/mol. The van der Waals surface area contributed by atoms with Crippen molar-refractivity contribution in [2.75, 3.05) is 19.6 Å². The van der Waals surface area contributed by atoms with E-state index < -0.39 is 0 Å². The van der Waals surface area contributed by atoms with Crippen LogP contribution in [-0.2, 0) is 0 Å². The molecule has 0 aliphatic carbocycles. The van der Waals surface area contributed by atoms with Gasteiger partial charge in [0.05, 0.1) is 0 Å². The predicted molar refractivity (Wildman–Crippen MR) is 60.5 cm³/mol. The van der Waals surface area contributed by atoms with Gasteiger partial charge in [0.1, 0.15) is 0 Å². The number of nitrogens with zero attached hydrogens (tertiary/aromatic N) is 1. The zero-order valence-electron chi connectivity index (χ0n) is 9.84. The lowest BCUT2D eigenvalue weighted by Gasteiger charge is -2.38. The molecule has 0 bridgehead atoms. The maximum absolute atomic E-state index is 3.48. The van der Waals surface area contributed by atoms with E-state index in [1.165, 1.54) is 38.9 Å². The molecule has 0 saturated carbocycles. The van der Waals surface area contributed by atoms with Crippen LogP contribution in [0.4, 0.5) is 0 Å². The molecule has 2 unspecified atom stereocenters. The first-order valence-corrected chi connectivity index (χ1v) is 6.05. The highest BCUT2D eigenvalue weighted by Crippen LogP contribution is 2.34. The molecule has 2 atom stereocenters. The summed E-state index contributed by atoms with van der Waals surface area (Å²) in [6.07, 6.45) is 4.16. The number of hydrogen-bond acceptors (Lipinski definition) is 2. The molecule has 2 heteroatoms. The maximum Gasteiger partial charge on any atom is 0.0235 e. The quantitative estimate of drug-likeness (QED) is 0.688. The van der Waals surface area contributed by atoms with E-state index in [-0.39, 0.29) is 0 Å². The molecule has 0 spiro atoms. The third kappa shape index (κ3) is 1.96. The van der Waals surface area contributed by atoms with Crippen molar-refractivity contribution in [1.82, 2.24) is 10.2 Å². The Labute approximate surface area is 88.1 Å². The van der Waals surface area contributed by atoms with Crippen molar-refractivity contribution in [1.29, 1.82) is 0 Å². The van der Waals surface area contributed by atoms with E-state index in [9.17, 15) is 0 Å². The summed E-state index contributed by atoms with van der Waals surface area (Å²) in [5.74, 6) is 0. The fraction of sp³-hybridized carbons (Fsp3) is 1.00. The van der Waals surface area contributed by atoms with Crippen LogP contribution in [0.1, 0.15) is 40.0 Å².